The molecule has 21 heavy (non-hydrogen) atoms. The zero-order chi connectivity index (χ0) is 15.7. The minimum absolute atomic E-state index is 0.108. The number of rotatable bonds is 10. The highest BCUT2D eigenvalue weighted by molar-refractivity contribution is 7.91. The van der Waals surface area contributed by atoms with Crippen LogP contribution in [0.5, 0.6) is 5.75 Å². The second-order valence-electron chi connectivity index (χ2n) is 5.13. The molecule has 0 aliphatic heterocycles. The molecule has 1 N–H and O–H groups in total. The molecule has 0 amide bonds. The molecule has 0 bridgehead atoms. The molecular formula is C16H27NO3S. The topological polar surface area (TPSA) is 55.4 Å². The first kappa shape index (κ1) is 18.0. The summed E-state index contributed by atoms with van der Waals surface area (Å²) in [5.74, 6) is 1.12. The molecule has 1 unspecified atom stereocenters. The highest BCUT2D eigenvalue weighted by Crippen LogP contribution is 2.26. The summed E-state index contributed by atoms with van der Waals surface area (Å²) in [6.07, 6.45) is 2.72. The fourth-order valence-corrected chi connectivity index (χ4v) is 3.96. The van der Waals surface area contributed by atoms with Crippen LogP contribution in [0.15, 0.2) is 24.3 Å². The molecule has 120 valence electrons. The lowest BCUT2D eigenvalue weighted by Gasteiger charge is -2.20. The summed E-state index contributed by atoms with van der Waals surface area (Å²) < 4.78 is 30.1. The smallest absolute Gasteiger partial charge is 0.152 e. The van der Waals surface area contributed by atoms with Crippen molar-refractivity contribution < 1.29 is 13.2 Å². The van der Waals surface area contributed by atoms with Crippen molar-refractivity contribution in [3.05, 3.63) is 29.8 Å². The van der Waals surface area contributed by atoms with Gasteiger partial charge < -0.3 is 10.1 Å². The second kappa shape index (κ2) is 9.05. The molecule has 1 rings (SSSR count). The van der Waals surface area contributed by atoms with E-state index in [4.69, 9.17) is 4.74 Å². The van der Waals surface area contributed by atoms with Gasteiger partial charge in [-0.3, -0.25) is 0 Å². The van der Waals surface area contributed by atoms with E-state index in [1.807, 2.05) is 31.2 Å². The Morgan fingerprint density at radius 2 is 1.90 bits per heavy atom. The maximum Gasteiger partial charge on any atom is 0.152 e. The molecule has 1 aromatic rings. The average molecular weight is 313 g/mol. The summed E-state index contributed by atoms with van der Waals surface area (Å²) in [5.41, 5.74) is 0.904. The molecular weight excluding hydrogens is 286 g/mol. The lowest BCUT2D eigenvalue weighted by molar-refractivity contribution is 0.333. The predicted molar refractivity (Wildman–Crippen MR) is 87.6 cm³/mol. The maximum atomic E-state index is 12.2. The van der Waals surface area contributed by atoms with Gasteiger partial charge in [0.05, 0.1) is 18.1 Å². The molecule has 1 aromatic carbocycles. The lowest BCUT2D eigenvalue weighted by Crippen LogP contribution is -2.27. The van der Waals surface area contributed by atoms with Crippen LogP contribution in [-0.4, -0.2) is 33.6 Å². The van der Waals surface area contributed by atoms with Gasteiger partial charge in [-0.15, -0.1) is 0 Å². The highest BCUT2D eigenvalue weighted by Gasteiger charge is 2.21. The van der Waals surface area contributed by atoms with Gasteiger partial charge in [0.25, 0.3) is 0 Å². The maximum absolute atomic E-state index is 12.2. The van der Waals surface area contributed by atoms with Gasteiger partial charge in [-0.05, 0) is 26.5 Å². The first-order valence-corrected chi connectivity index (χ1v) is 9.45. The Hall–Kier alpha value is -1.07. The Bertz CT molecular complexity index is 514. The molecule has 0 fully saturated rings. The summed E-state index contributed by atoms with van der Waals surface area (Å²) in [6, 6.07) is 7.38. The molecule has 4 nitrogen and oxygen atoms in total. The van der Waals surface area contributed by atoms with Gasteiger partial charge in [0.15, 0.2) is 9.84 Å². The second-order valence-corrected chi connectivity index (χ2v) is 7.36. The van der Waals surface area contributed by atoms with Crippen LogP contribution in [0.1, 0.15) is 44.7 Å². The quantitative estimate of drug-likeness (QED) is 0.675. The van der Waals surface area contributed by atoms with Crippen LogP contribution >= 0.6 is 0 Å². The lowest BCUT2D eigenvalue weighted by atomic mass is 10.1. The van der Waals surface area contributed by atoms with Gasteiger partial charge in [0, 0.05) is 11.6 Å². The van der Waals surface area contributed by atoms with E-state index < -0.39 is 9.84 Å². The molecule has 0 radical (unpaired) electrons. The van der Waals surface area contributed by atoms with E-state index in [0.29, 0.717) is 6.61 Å². The van der Waals surface area contributed by atoms with E-state index in [9.17, 15) is 8.42 Å². The summed E-state index contributed by atoms with van der Waals surface area (Å²) in [4.78, 5) is 0. The Balaban J connectivity index is 2.83. The Morgan fingerprint density at radius 3 is 2.52 bits per heavy atom. The average Bonchev–Trinajstić information content (AvgIpc) is 2.46. The first-order valence-electron chi connectivity index (χ1n) is 7.63. The summed E-state index contributed by atoms with van der Waals surface area (Å²) in [7, 11) is -1.28. The standard InChI is InChI=1S/C16H27NO3S/c1-4-6-9-12-21(18,19)13-15(17-3)14-10-7-8-11-16(14)20-5-2/h7-8,10-11,15,17H,4-6,9,12-13H2,1-3H3. The van der Waals surface area contributed by atoms with Crippen molar-refractivity contribution >= 4 is 9.84 Å². The van der Waals surface area contributed by atoms with Crippen LogP contribution in [0.25, 0.3) is 0 Å². The molecule has 0 aliphatic rings. The number of sulfone groups is 1. The third-order valence-electron chi connectivity index (χ3n) is 3.42. The Morgan fingerprint density at radius 1 is 1.19 bits per heavy atom. The van der Waals surface area contributed by atoms with Crippen molar-refractivity contribution in [2.45, 2.75) is 39.2 Å². The van der Waals surface area contributed by atoms with Crippen LogP contribution in [-0.2, 0) is 9.84 Å². The van der Waals surface area contributed by atoms with Gasteiger partial charge in [0.1, 0.15) is 5.75 Å². The monoisotopic (exact) mass is 313 g/mol. The molecule has 1 atom stereocenters. The largest absolute Gasteiger partial charge is 0.494 e. The predicted octanol–water partition coefficient (Wildman–Crippen LogP) is 2.95. The molecule has 0 spiro atoms. The zero-order valence-electron chi connectivity index (χ0n) is 13.3. The van der Waals surface area contributed by atoms with Gasteiger partial charge in [-0.1, -0.05) is 38.0 Å². The first-order chi connectivity index (χ1) is 10.0. The minimum Gasteiger partial charge on any atom is -0.494 e. The number of ether oxygens (including phenoxy) is 1. The van der Waals surface area contributed by atoms with Crippen molar-refractivity contribution in [1.82, 2.24) is 5.32 Å². The molecule has 0 saturated carbocycles. The van der Waals surface area contributed by atoms with E-state index in [2.05, 4.69) is 12.2 Å². The third-order valence-corrected chi connectivity index (χ3v) is 5.17. The van der Waals surface area contributed by atoms with Gasteiger partial charge in [-0.2, -0.15) is 0 Å². The van der Waals surface area contributed by atoms with Gasteiger partial charge >= 0.3 is 0 Å². The van der Waals surface area contributed by atoms with Crippen molar-refractivity contribution in [3.8, 4) is 5.75 Å². The molecule has 0 heterocycles. The van der Waals surface area contributed by atoms with Gasteiger partial charge in [-0.25, -0.2) is 8.42 Å². The van der Waals surface area contributed by atoms with Crippen LogP contribution < -0.4 is 10.1 Å². The van der Waals surface area contributed by atoms with Crippen molar-refractivity contribution in [1.29, 1.82) is 0 Å². The fraction of sp³-hybridized carbons (Fsp3) is 0.625. The SMILES string of the molecule is CCCCCS(=O)(=O)CC(NC)c1ccccc1OCC. The third kappa shape index (κ3) is 6.06. The molecule has 0 aromatic heterocycles. The minimum atomic E-state index is -3.06. The van der Waals surface area contributed by atoms with Crippen LogP contribution in [0.3, 0.4) is 0 Å². The van der Waals surface area contributed by atoms with E-state index >= 15 is 0 Å². The summed E-state index contributed by atoms with van der Waals surface area (Å²) in [5, 5.41) is 3.10. The van der Waals surface area contributed by atoms with E-state index in [0.717, 1.165) is 30.6 Å². The van der Waals surface area contributed by atoms with E-state index in [1.165, 1.54) is 0 Å². The number of hydrogen-bond acceptors (Lipinski definition) is 4. The fourth-order valence-electron chi connectivity index (χ4n) is 2.29. The van der Waals surface area contributed by atoms with Crippen molar-refractivity contribution in [3.63, 3.8) is 0 Å². The number of nitrogens with one attached hydrogen (secondary N) is 1. The number of benzene rings is 1. The number of para-hydroxylation sites is 1. The van der Waals surface area contributed by atoms with E-state index in [1.54, 1.807) is 7.05 Å². The normalized spacial score (nSPS) is 13.1. The van der Waals surface area contributed by atoms with Crippen LogP contribution in [0, 0.1) is 0 Å². The van der Waals surface area contributed by atoms with Crippen molar-refractivity contribution in [2.75, 3.05) is 25.2 Å². The number of hydrogen-bond donors (Lipinski definition) is 1. The molecule has 5 heteroatoms. The Labute approximate surface area is 128 Å². The van der Waals surface area contributed by atoms with E-state index in [-0.39, 0.29) is 17.5 Å². The highest BCUT2D eigenvalue weighted by atomic mass is 32.2. The summed E-state index contributed by atoms with van der Waals surface area (Å²) in [6.45, 7) is 4.56. The zero-order valence-corrected chi connectivity index (χ0v) is 14.1. The van der Waals surface area contributed by atoms with Crippen LogP contribution in [0.4, 0.5) is 0 Å². The molecule has 0 saturated heterocycles. The molecule has 0 aliphatic carbocycles. The Kier molecular flexibility index (Phi) is 7.75. The summed E-state index contributed by atoms with van der Waals surface area (Å²) >= 11 is 0. The van der Waals surface area contributed by atoms with Crippen molar-refractivity contribution in [2.24, 2.45) is 0 Å². The van der Waals surface area contributed by atoms with Crippen LogP contribution in [0.2, 0.25) is 0 Å². The van der Waals surface area contributed by atoms with Gasteiger partial charge in [0.2, 0.25) is 0 Å². The number of unbranched alkanes of at least 4 members (excludes halogenated alkanes) is 2.